The molecule has 3 aromatic carbocycles. The van der Waals surface area contributed by atoms with Crippen molar-refractivity contribution in [2.24, 2.45) is 5.10 Å². The molecule has 0 spiro atoms. The molecule has 34 heavy (non-hydrogen) atoms. The Labute approximate surface area is 201 Å². The first-order chi connectivity index (χ1) is 16.4. The van der Waals surface area contributed by atoms with Crippen molar-refractivity contribution in [1.29, 1.82) is 0 Å². The number of para-hydroxylation sites is 1. The molecule has 0 saturated heterocycles. The number of rotatable bonds is 7. The molecule has 0 bridgehead atoms. The Morgan fingerprint density at radius 2 is 1.97 bits per heavy atom. The molecule has 10 heteroatoms. The summed E-state index contributed by atoms with van der Waals surface area (Å²) in [5, 5.41) is 16.3. The molecule has 1 aromatic heterocycles. The number of nitrogens with zero attached hydrogens (tertiary/aromatic N) is 4. The Bertz CT molecular complexity index is 1470. The summed E-state index contributed by atoms with van der Waals surface area (Å²) < 4.78 is 20.8. The van der Waals surface area contributed by atoms with Gasteiger partial charge in [0.25, 0.3) is 5.56 Å². The van der Waals surface area contributed by atoms with Crippen LogP contribution in [0.5, 0.6) is 5.75 Å². The van der Waals surface area contributed by atoms with E-state index < -0.39 is 10.7 Å². The van der Waals surface area contributed by atoms with Gasteiger partial charge in [0.2, 0.25) is 5.75 Å². The molecule has 0 atom stereocenters. The fourth-order valence-electron chi connectivity index (χ4n) is 3.34. The van der Waals surface area contributed by atoms with E-state index in [1.165, 1.54) is 47.3 Å². The van der Waals surface area contributed by atoms with E-state index in [-0.39, 0.29) is 23.6 Å². The summed E-state index contributed by atoms with van der Waals surface area (Å²) >= 11 is 3.36. The van der Waals surface area contributed by atoms with E-state index in [9.17, 15) is 19.3 Å². The smallest absolute Gasteiger partial charge is 0.311 e. The molecule has 0 N–H and O–H groups in total. The van der Waals surface area contributed by atoms with E-state index in [0.29, 0.717) is 34.3 Å². The summed E-state index contributed by atoms with van der Waals surface area (Å²) in [6, 6.07) is 15.3. The van der Waals surface area contributed by atoms with Crippen LogP contribution < -0.4 is 10.3 Å². The maximum atomic E-state index is 13.2. The van der Waals surface area contributed by atoms with Gasteiger partial charge in [-0.25, -0.2) is 9.37 Å². The van der Waals surface area contributed by atoms with E-state index >= 15 is 0 Å². The van der Waals surface area contributed by atoms with E-state index in [2.05, 4.69) is 26.0 Å². The predicted molar refractivity (Wildman–Crippen MR) is 130 cm³/mol. The maximum Gasteiger partial charge on any atom is 0.311 e. The number of nitro groups is 1. The average Bonchev–Trinajstić information content (AvgIpc) is 2.83. The molecule has 172 valence electrons. The van der Waals surface area contributed by atoms with Gasteiger partial charge in [0.1, 0.15) is 18.2 Å². The van der Waals surface area contributed by atoms with Crippen molar-refractivity contribution in [3.63, 3.8) is 0 Å². The number of hydrogen-bond acceptors (Lipinski definition) is 6. The number of halogens is 2. The second-order valence-electron chi connectivity index (χ2n) is 7.27. The van der Waals surface area contributed by atoms with E-state index in [4.69, 9.17) is 4.74 Å². The summed E-state index contributed by atoms with van der Waals surface area (Å²) in [5.41, 5.74) is 0.874. The second-order valence-corrected chi connectivity index (χ2v) is 8.19. The highest BCUT2D eigenvalue weighted by Gasteiger charge is 2.19. The molecule has 0 radical (unpaired) electrons. The molecule has 1 heterocycles. The van der Waals surface area contributed by atoms with Crippen molar-refractivity contribution in [3.8, 4) is 5.75 Å². The summed E-state index contributed by atoms with van der Waals surface area (Å²) in [4.78, 5) is 28.7. The normalized spacial score (nSPS) is 11.3. The molecule has 0 aliphatic rings. The standard InChI is InChI=1S/C24H18BrFN4O4/c1-2-22-28-20-11-8-17(25)12-19(20)24(31)29(22)27-13-16-4-3-5-21(30(32)33)23(16)34-14-15-6-9-18(26)10-7-15/h3-13H,2,14H2,1H3. The first-order valence-electron chi connectivity index (χ1n) is 10.3. The first-order valence-corrected chi connectivity index (χ1v) is 11.1. The molecule has 8 nitrogen and oxygen atoms in total. The minimum Gasteiger partial charge on any atom is -0.481 e. The predicted octanol–water partition coefficient (Wildman–Crippen LogP) is 5.23. The Morgan fingerprint density at radius 3 is 2.68 bits per heavy atom. The van der Waals surface area contributed by atoms with Gasteiger partial charge < -0.3 is 4.74 Å². The number of hydrogen-bond donors (Lipinski definition) is 0. The lowest BCUT2D eigenvalue weighted by Crippen LogP contribution is -2.22. The summed E-state index contributed by atoms with van der Waals surface area (Å²) in [6.45, 7) is 1.83. The van der Waals surface area contributed by atoms with Crippen molar-refractivity contribution in [3.05, 3.63) is 108 Å². The van der Waals surface area contributed by atoms with Gasteiger partial charge in [0, 0.05) is 22.5 Å². The van der Waals surface area contributed by atoms with Crippen molar-refractivity contribution in [2.45, 2.75) is 20.0 Å². The zero-order valence-electron chi connectivity index (χ0n) is 17.9. The number of fused-ring (bicyclic) bond motifs is 1. The minimum atomic E-state index is -0.559. The molecular weight excluding hydrogens is 507 g/mol. The zero-order valence-corrected chi connectivity index (χ0v) is 19.5. The van der Waals surface area contributed by atoms with Crippen LogP contribution in [0.1, 0.15) is 23.9 Å². The van der Waals surface area contributed by atoms with Crippen molar-refractivity contribution >= 4 is 38.7 Å². The lowest BCUT2D eigenvalue weighted by Gasteiger charge is -2.11. The van der Waals surface area contributed by atoms with Gasteiger partial charge in [0.05, 0.1) is 22.0 Å². The zero-order chi connectivity index (χ0) is 24.2. The first kappa shape index (κ1) is 23.2. The highest BCUT2D eigenvalue weighted by molar-refractivity contribution is 9.10. The largest absolute Gasteiger partial charge is 0.481 e. The summed E-state index contributed by atoms with van der Waals surface area (Å²) in [5.74, 6) is 0.0360. The number of aryl methyl sites for hydroxylation is 1. The molecule has 0 amide bonds. The van der Waals surface area contributed by atoms with Gasteiger partial charge in [-0.2, -0.15) is 9.78 Å². The number of benzene rings is 3. The van der Waals surface area contributed by atoms with E-state index in [0.717, 1.165) is 4.47 Å². The lowest BCUT2D eigenvalue weighted by molar-refractivity contribution is -0.385. The Morgan fingerprint density at radius 1 is 1.21 bits per heavy atom. The van der Waals surface area contributed by atoms with Crippen LogP contribution >= 0.6 is 15.9 Å². The van der Waals surface area contributed by atoms with Gasteiger partial charge >= 0.3 is 5.69 Å². The topological polar surface area (TPSA) is 99.6 Å². The Balaban J connectivity index is 1.76. The number of nitro benzene ring substituents is 1. The quantitative estimate of drug-likeness (QED) is 0.187. The molecule has 0 unspecified atom stereocenters. The van der Waals surface area contributed by atoms with E-state index in [1.54, 1.807) is 24.3 Å². The maximum absolute atomic E-state index is 13.2. The third kappa shape index (κ3) is 4.86. The van der Waals surface area contributed by atoms with Crippen molar-refractivity contribution < 1.29 is 14.1 Å². The second kappa shape index (κ2) is 9.92. The fraction of sp³-hybridized carbons (Fsp3) is 0.125. The molecule has 0 aliphatic heterocycles. The van der Waals surface area contributed by atoms with Gasteiger partial charge in [0.15, 0.2) is 0 Å². The monoisotopic (exact) mass is 524 g/mol. The lowest BCUT2D eigenvalue weighted by atomic mass is 10.2. The SMILES string of the molecule is CCc1nc2ccc(Br)cc2c(=O)n1N=Cc1cccc([N+](=O)[O-])c1OCc1ccc(F)cc1. The highest BCUT2D eigenvalue weighted by atomic mass is 79.9. The molecule has 0 aliphatic carbocycles. The van der Waals surface area contributed by atoms with Crippen LogP contribution in [0.3, 0.4) is 0 Å². The van der Waals surface area contributed by atoms with Crippen LogP contribution in [0, 0.1) is 15.9 Å². The van der Waals surface area contributed by atoms with Gasteiger partial charge in [-0.15, -0.1) is 0 Å². The summed E-state index contributed by atoms with van der Waals surface area (Å²) in [7, 11) is 0. The van der Waals surface area contributed by atoms with Crippen LogP contribution in [0.4, 0.5) is 10.1 Å². The molecular formula is C24H18BrFN4O4. The van der Waals surface area contributed by atoms with E-state index in [1.807, 2.05) is 6.92 Å². The minimum absolute atomic E-state index is 0.0110. The Hall–Kier alpha value is -3.92. The molecule has 4 rings (SSSR count). The van der Waals surface area contributed by atoms with Crippen LogP contribution in [-0.2, 0) is 13.0 Å². The fourth-order valence-corrected chi connectivity index (χ4v) is 3.70. The van der Waals surface area contributed by atoms with Crippen molar-refractivity contribution in [1.82, 2.24) is 9.66 Å². The summed E-state index contributed by atoms with van der Waals surface area (Å²) in [6.07, 6.45) is 1.78. The highest BCUT2D eigenvalue weighted by Crippen LogP contribution is 2.31. The molecule has 0 fully saturated rings. The number of ether oxygens (including phenoxy) is 1. The molecule has 0 saturated carbocycles. The van der Waals surface area contributed by atoms with Gasteiger partial charge in [-0.1, -0.05) is 41.1 Å². The van der Waals surface area contributed by atoms with Gasteiger partial charge in [-0.3, -0.25) is 14.9 Å². The third-order valence-electron chi connectivity index (χ3n) is 5.02. The van der Waals surface area contributed by atoms with Crippen molar-refractivity contribution in [2.75, 3.05) is 0 Å². The third-order valence-corrected chi connectivity index (χ3v) is 5.51. The Kier molecular flexibility index (Phi) is 6.78. The van der Waals surface area contributed by atoms with Gasteiger partial charge in [-0.05, 0) is 42.0 Å². The van der Waals surface area contributed by atoms with Crippen LogP contribution in [0.15, 0.2) is 75.0 Å². The molecule has 4 aromatic rings. The average molecular weight is 525 g/mol. The number of aromatic nitrogens is 2. The van der Waals surface area contributed by atoms with Crippen LogP contribution in [0.2, 0.25) is 0 Å². The van der Waals surface area contributed by atoms with Crippen LogP contribution in [-0.4, -0.2) is 20.8 Å². The van der Waals surface area contributed by atoms with Crippen LogP contribution in [0.25, 0.3) is 10.9 Å².